The number of rotatable bonds is 2. The van der Waals surface area contributed by atoms with E-state index in [4.69, 9.17) is 0 Å². The lowest BCUT2D eigenvalue weighted by atomic mass is 10.0. The van der Waals surface area contributed by atoms with Crippen LogP contribution in [-0.2, 0) is 0 Å². The minimum atomic E-state index is -0.722. The summed E-state index contributed by atoms with van der Waals surface area (Å²) in [5, 5.41) is 0. The van der Waals surface area contributed by atoms with E-state index in [0.29, 0.717) is 0 Å². The molecule has 0 N–H and O–H groups in total. The number of likely N-dealkylation sites (tertiary alicyclic amines) is 1. The van der Waals surface area contributed by atoms with E-state index >= 15 is 0 Å². The SMILES string of the molecule is CN1CCC(N(C)C(=O)c2cc(F)cc(F)c2)CC1. The molecule has 0 saturated carbocycles. The molecular weight excluding hydrogens is 250 g/mol. The molecule has 0 radical (unpaired) electrons. The quantitative estimate of drug-likeness (QED) is 0.820. The molecule has 1 fully saturated rings. The summed E-state index contributed by atoms with van der Waals surface area (Å²) in [5.74, 6) is -1.77. The summed E-state index contributed by atoms with van der Waals surface area (Å²) in [4.78, 5) is 16.0. The summed E-state index contributed by atoms with van der Waals surface area (Å²) < 4.78 is 26.3. The highest BCUT2D eigenvalue weighted by Gasteiger charge is 2.25. The second-order valence-electron chi connectivity index (χ2n) is 5.11. The lowest BCUT2D eigenvalue weighted by Crippen LogP contribution is -2.44. The maximum Gasteiger partial charge on any atom is 0.254 e. The van der Waals surface area contributed by atoms with Crippen LogP contribution in [-0.4, -0.2) is 48.9 Å². The summed E-state index contributed by atoms with van der Waals surface area (Å²) in [5.41, 5.74) is 0.0685. The maximum absolute atomic E-state index is 13.1. The van der Waals surface area contributed by atoms with Gasteiger partial charge in [0, 0.05) is 24.7 Å². The highest BCUT2D eigenvalue weighted by atomic mass is 19.1. The summed E-state index contributed by atoms with van der Waals surface area (Å²) in [6.45, 7) is 1.86. The highest BCUT2D eigenvalue weighted by molar-refractivity contribution is 5.94. The third-order valence-corrected chi connectivity index (χ3v) is 3.67. The van der Waals surface area contributed by atoms with Crippen LogP contribution in [0.5, 0.6) is 0 Å². The molecule has 1 aromatic rings. The Morgan fingerprint density at radius 2 is 1.74 bits per heavy atom. The van der Waals surface area contributed by atoms with Gasteiger partial charge >= 0.3 is 0 Å². The second kappa shape index (κ2) is 5.65. The molecule has 1 heterocycles. The molecule has 1 aliphatic heterocycles. The number of carbonyl (C=O) groups excluding carboxylic acids is 1. The fourth-order valence-electron chi connectivity index (χ4n) is 2.43. The highest BCUT2D eigenvalue weighted by Crippen LogP contribution is 2.17. The average Bonchev–Trinajstić information content (AvgIpc) is 2.37. The van der Waals surface area contributed by atoms with Gasteiger partial charge in [-0.05, 0) is 45.1 Å². The Kier molecular flexibility index (Phi) is 4.14. The zero-order chi connectivity index (χ0) is 14.0. The molecule has 0 unspecified atom stereocenters. The first kappa shape index (κ1) is 13.9. The van der Waals surface area contributed by atoms with Crippen molar-refractivity contribution in [2.75, 3.05) is 27.2 Å². The number of hydrogen-bond donors (Lipinski definition) is 0. The van der Waals surface area contributed by atoms with Gasteiger partial charge in [-0.15, -0.1) is 0 Å². The third kappa shape index (κ3) is 3.29. The van der Waals surface area contributed by atoms with Crippen LogP contribution in [0.2, 0.25) is 0 Å². The summed E-state index contributed by atoms with van der Waals surface area (Å²) >= 11 is 0. The van der Waals surface area contributed by atoms with Gasteiger partial charge in [0.25, 0.3) is 5.91 Å². The van der Waals surface area contributed by atoms with E-state index in [1.165, 1.54) is 0 Å². The van der Waals surface area contributed by atoms with E-state index in [9.17, 15) is 13.6 Å². The van der Waals surface area contributed by atoms with E-state index < -0.39 is 11.6 Å². The van der Waals surface area contributed by atoms with Gasteiger partial charge in [0.05, 0.1) is 0 Å². The third-order valence-electron chi connectivity index (χ3n) is 3.67. The van der Waals surface area contributed by atoms with Gasteiger partial charge in [0.15, 0.2) is 0 Å². The van der Waals surface area contributed by atoms with Crippen LogP contribution in [0.1, 0.15) is 23.2 Å². The number of halogens is 2. The second-order valence-corrected chi connectivity index (χ2v) is 5.11. The van der Waals surface area contributed by atoms with Crippen LogP contribution in [0, 0.1) is 11.6 Å². The van der Waals surface area contributed by atoms with Crippen molar-refractivity contribution in [3.8, 4) is 0 Å². The van der Waals surface area contributed by atoms with E-state index in [2.05, 4.69) is 4.90 Å². The fourth-order valence-corrected chi connectivity index (χ4v) is 2.43. The Morgan fingerprint density at radius 3 is 2.26 bits per heavy atom. The molecule has 104 valence electrons. The summed E-state index contributed by atoms with van der Waals surface area (Å²) in [6.07, 6.45) is 1.77. The van der Waals surface area contributed by atoms with Gasteiger partial charge < -0.3 is 9.80 Å². The van der Waals surface area contributed by atoms with Gasteiger partial charge in [0.2, 0.25) is 0 Å². The Morgan fingerprint density at radius 1 is 1.21 bits per heavy atom. The monoisotopic (exact) mass is 268 g/mol. The minimum Gasteiger partial charge on any atom is -0.339 e. The molecule has 1 amide bonds. The first-order valence-corrected chi connectivity index (χ1v) is 6.39. The fraction of sp³-hybridized carbons (Fsp3) is 0.500. The molecule has 2 rings (SSSR count). The molecule has 1 aromatic carbocycles. The number of amides is 1. The number of nitrogens with zero attached hydrogens (tertiary/aromatic N) is 2. The van der Waals surface area contributed by atoms with Gasteiger partial charge in [-0.2, -0.15) is 0 Å². The Bertz CT molecular complexity index is 450. The number of benzene rings is 1. The Labute approximate surface area is 111 Å². The normalized spacial score (nSPS) is 17.5. The van der Waals surface area contributed by atoms with E-state index in [1.807, 2.05) is 7.05 Å². The van der Waals surface area contributed by atoms with Crippen LogP contribution in [0.3, 0.4) is 0 Å². The Hall–Kier alpha value is -1.49. The topological polar surface area (TPSA) is 23.6 Å². The van der Waals surface area contributed by atoms with Crippen LogP contribution >= 0.6 is 0 Å². The largest absolute Gasteiger partial charge is 0.339 e. The van der Waals surface area contributed by atoms with Crippen LogP contribution in [0.25, 0.3) is 0 Å². The molecule has 5 heteroatoms. The molecule has 0 bridgehead atoms. The van der Waals surface area contributed by atoms with Crippen molar-refractivity contribution in [1.29, 1.82) is 0 Å². The van der Waals surface area contributed by atoms with Gasteiger partial charge in [-0.3, -0.25) is 4.79 Å². The standard InChI is InChI=1S/C14H18F2N2O/c1-17-5-3-13(4-6-17)18(2)14(19)10-7-11(15)9-12(16)8-10/h7-9,13H,3-6H2,1-2H3. The zero-order valence-electron chi connectivity index (χ0n) is 11.2. The van der Waals surface area contributed by atoms with Crippen LogP contribution in [0.4, 0.5) is 8.78 Å². The molecule has 0 atom stereocenters. The summed E-state index contributed by atoms with van der Waals surface area (Å²) in [6, 6.07) is 3.06. The van der Waals surface area contributed by atoms with Crippen molar-refractivity contribution in [3.05, 3.63) is 35.4 Å². The molecular formula is C14H18F2N2O. The van der Waals surface area contributed by atoms with Crippen LogP contribution < -0.4 is 0 Å². The molecule has 0 aromatic heterocycles. The average molecular weight is 268 g/mol. The molecule has 0 aliphatic carbocycles. The van der Waals surface area contributed by atoms with Crippen molar-refractivity contribution in [1.82, 2.24) is 9.80 Å². The smallest absolute Gasteiger partial charge is 0.254 e. The minimum absolute atomic E-state index is 0.0685. The lowest BCUT2D eigenvalue weighted by Gasteiger charge is -2.35. The number of hydrogen-bond acceptors (Lipinski definition) is 2. The predicted molar refractivity (Wildman–Crippen MR) is 69.0 cm³/mol. The zero-order valence-corrected chi connectivity index (χ0v) is 11.2. The van der Waals surface area contributed by atoms with Crippen molar-refractivity contribution >= 4 is 5.91 Å². The number of piperidine rings is 1. The molecule has 19 heavy (non-hydrogen) atoms. The van der Waals surface area contributed by atoms with E-state index in [0.717, 1.165) is 44.1 Å². The van der Waals surface area contributed by atoms with E-state index in [-0.39, 0.29) is 17.5 Å². The van der Waals surface area contributed by atoms with Gasteiger partial charge in [-0.25, -0.2) is 8.78 Å². The first-order chi connectivity index (χ1) is 8.97. The first-order valence-electron chi connectivity index (χ1n) is 6.39. The van der Waals surface area contributed by atoms with Crippen molar-refractivity contribution in [2.24, 2.45) is 0 Å². The molecule has 1 aliphatic rings. The van der Waals surface area contributed by atoms with Crippen molar-refractivity contribution in [2.45, 2.75) is 18.9 Å². The lowest BCUT2D eigenvalue weighted by molar-refractivity contribution is 0.0658. The van der Waals surface area contributed by atoms with Gasteiger partial charge in [0.1, 0.15) is 11.6 Å². The number of carbonyl (C=O) groups is 1. The van der Waals surface area contributed by atoms with Gasteiger partial charge in [-0.1, -0.05) is 0 Å². The summed E-state index contributed by atoms with van der Waals surface area (Å²) in [7, 11) is 3.74. The van der Waals surface area contributed by atoms with Crippen molar-refractivity contribution < 1.29 is 13.6 Å². The molecule has 0 spiro atoms. The van der Waals surface area contributed by atoms with Crippen LogP contribution in [0.15, 0.2) is 18.2 Å². The molecule has 1 saturated heterocycles. The Balaban J connectivity index is 2.10. The predicted octanol–water partition coefficient (Wildman–Crippen LogP) is 2.13. The van der Waals surface area contributed by atoms with Crippen molar-refractivity contribution in [3.63, 3.8) is 0 Å². The van der Waals surface area contributed by atoms with E-state index in [1.54, 1.807) is 11.9 Å². The maximum atomic E-state index is 13.1. The molecule has 3 nitrogen and oxygen atoms in total.